The van der Waals surface area contributed by atoms with E-state index < -0.39 is 0 Å². The summed E-state index contributed by atoms with van der Waals surface area (Å²) in [5, 5.41) is 2.72. The number of nitrogens with one attached hydrogen (secondary N) is 1. The Morgan fingerprint density at radius 1 is 1.41 bits per heavy atom. The molecule has 1 amide bonds. The zero-order valence-corrected chi connectivity index (χ0v) is 10.1. The topological polar surface area (TPSA) is 58.4 Å². The summed E-state index contributed by atoms with van der Waals surface area (Å²) in [7, 11) is 1.70. The summed E-state index contributed by atoms with van der Waals surface area (Å²) in [5.74, 6) is 0.328. The van der Waals surface area contributed by atoms with E-state index >= 15 is 0 Å². The van der Waals surface area contributed by atoms with Crippen LogP contribution in [0.1, 0.15) is 12.8 Å². The van der Waals surface area contributed by atoms with E-state index in [1.165, 1.54) is 0 Å². The van der Waals surface area contributed by atoms with Crippen LogP contribution in [0.3, 0.4) is 0 Å². The Labute approximate surface area is 102 Å². The number of carbonyl (C=O) groups excluding carboxylic acids is 1. The first-order valence-electron chi connectivity index (χ1n) is 6.03. The molecule has 0 spiro atoms. The van der Waals surface area contributed by atoms with Crippen molar-refractivity contribution in [3.63, 3.8) is 0 Å². The van der Waals surface area contributed by atoms with E-state index in [-0.39, 0.29) is 11.8 Å². The number of anilines is 2. The maximum atomic E-state index is 11.5. The summed E-state index contributed by atoms with van der Waals surface area (Å²) < 4.78 is 0. The van der Waals surface area contributed by atoms with E-state index in [0.717, 1.165) is 37.3 Å². The summed E-state index contributed by atoms with van der Waals surface area (Å²) in [6.45, 7) is 1.84. The molecule has 4 nitrogen and oxygen atoms in total. The van der Waals surface area contributed by atoms with Crippen molar-refractivity contribution in [2.24, 2.45) is 5.92 Å². The number of nitrogens with zero attached hydrogens (tertiary/aromatic N) is 1. The monoisotopic (exact) mass is 233 g/mol. The fourth-order valence-electron chi connectivity index (χ4n) is 2.33. The number of nitrogens with two attached hydrogens (primary N) is 1. The van der Waals surface area contributed by atoms with Crippen LogP contribution < -0.4 is 16.0 Å². The predicted octanol–water partition coefficient (Wildman–Crippen LogP) is 1.23. The molecule has 1 saturated heterocycles. The molecule has 4 heteroatoms. The average Bonchev–Trinajstić information content (AvgIpc) is 2.38. The molecule has 1 aromatic rings. The van der Waals surface area contributed by atoms with Gasteiger partial charge in [-0.3, -0.25) is 4.79 Å². The highest BCUT2D eigenvalue weighted by molar-refractivity contribution is 5.78. The van der Waals surface area contributed by atoms with E-state index in [4.69, 9.17) is 5.73 Å². The lowest BCUT2D eigenvalue weighted by atomic mass is 9.95. The van der Waals surface area contributed by atoms with Gasteiger partial charge in [0, 0.05) is 37.4 Å². The number of rotatable bonds is 2. The third-order valence-electron chi connectivity index (χ3n) is 3.35. The molecule has 1 fully saturated rings. The van der Waals surface area contributed by atoms with Crippen molar-refractivity contribution < 1.29 is 4.79 Å². The fraction of sp³-hybridized carbons (Fsp3) is 0.462. The Morgan fingerprint density at radius 2 is 2.12 bits per heavy atom. The summed E-state index contributed by atoms with van der Waals surface area (Å²) in [6.07, 6.45) is 1.82. The molecule has 1 aromatic carbocycles. The van der Waals surface area contributed by atoms with E-state index in [1.54, 1.807) is 7.05 Å². The SMILES string of the molecule is CNC(=O)C1CCN(c2cccc(N)c2)CC1. The summed E-state index contributed by atoms with van der Waals surface area (Å²) >= 11 is 0. The number of carbonyl (C=O) groups is 1. The van der Waals surface area contributed by atoms with Gasteiger partial charge in [0.05, 0.1) is 0 Å². The minimum atomic E-state index is 0.164. The van der Waals surface area contributed by atoms with Crippen molar-refractivity contribution >= 4 is 17.3 Å². The average molecular weight is 233 g/mol. The third kappa shape index (κ3) is 2.70. The number of amides is 1. The molecule has 0 atom stereocenters. The van der Waals surface area contributed by atoms with Gasteiger partial charge in [-0.2, -0.15) is 0 Å². The second kappa shape index (κ2) is 5.08. The second-order valence-corrected chi connectivity index (χ2v) is 4.47. The van der Waals surface area contributed by atoms with Gasteiger partial charge in [-0.1, -0.05) is 6.07 Å². The standard InChI is InChI=1S/C13H19N3O/c1-15-13(17)10-5-7-16(8-6-10)12-4-2-3-11(14)9-12/h2-4,9-10H,5-8,14H2,1H3,(H,15,17). The number of hydrogen-bond donors (Lipinski definition) is 2. The molecule has 3 N–H and O–H groups in total. The van der Waals surface area contributed by atoms with Crippen molar-refractivity contribution in [1.29, 1.82) is 0 Å². The minimum Gasteiger partial charge on any atom is -0.399 e. The lowest BCUT2D eigenvalue weighted by Crippen LogP contribution is -2.39. The van der Waals surface area contributed by atoms with Gasteiger partial charge in [-0.25, -0.2) is 0 Å². The van der Waals surface area contributed by atoms with Gasteiger partial charge < -0.3 is 16.0 Å². The molecular weight excluding hydrogens is 214 g/mol. The van der Waals surface area contributed by atoms with Gasteiger partial charge in [0.15, 0.2) is 0 Å². The molecule has 0 radical (unpaired) electrons. The van der Waals surface area contributed by atoms with E-state index in [9.17, 15) is 4.79 Å². The normalized spacial score (nSPS) is 16.9. The molecule has 0 aliphatic carbocycles. The van der Waals surface area contributed by atoms with Crippen LogP contribution in [-0.2, 0) is 4.79 Å². The number of piperidine rings is 1. The van der Waals surface area contributed by atoms with Crippen LogP contribution in [0.4, 0.5) is 11.4 Å². The van der Waals surface area contributed by atoms with Crippen LogP contribution >= 0.6 is 0 Å². The molecule has 1 aliphatic rings. The summed E-state index contributed by atoms with van der Waals surface area (Å²) in [4.78, 5) is 13.8. The largest absolute Gasteiger partial charge is 0.399 e. The van der Waals surface area contributed by atoms with Crippen LogP contribution in [0.25, 0.3) is 0 Å². The molecule has 0 unspecified atom stereocenters. The molecule has 17 heavy (non-hydrogen) atoms. The first-order valence-corrected chi connectivity index (χ1v) is 6.03. The number of benzene rings is 1. The zero-order chi connectivity index (χ0) is 12.3. The Morgan fingerprint density at radius 3 is 2.71 bits per heavy atom. The Bertz CT molecular complexity index is 397. The molecule has 2 rings (SSSR count). The second-order valence-electron chi connectivity index (χ2n) is 4.47. The highest BCUT2D eigenvalue weighted by atomic mass is 16.1. The van der Waals surface area contributed by atoms with E-state index in [2.05, 4.69) is 16.3 Å². The Hall–Kier alpha value is -1.71. The van der Waals surface area contributed by atoms with Crippen LogP contribution in [0, 0.1) is 5.92 Å². The van der Waals surface area contributed by atoms with Crippen LogP contribution in [-0.4, -0.2) is 26.0 Å². The zero-order valence-electron chi connectivity index (χ0n) is 10.1. The number of hydrogen-bond acceptors (Lipinski definition) is 3. The molecule has 0 bridgehead atoms. The van der Waals surface area contributed by atoms with E-state index in [1.807, 2.05) is 18.2 Å². The van der Waals surface area contributed by atoms with Crippen molar-refractivity contribution in [3.05, 3.63) is 24.3 Å². The van der Waals surface area contributed by atoms with Gasteiger partial charge in [-0.15, -0.1) is 0 Å². The fourth-order valence-corrected chi connectivity index (χ4v) is 2.33. The Kier molecular flexibility index (Phi) is 3.52. The molecule has 0 aromatic heterocycles. The predicted molar refractivity (Wildman–Crippen MR) is 69.9 cm³/mol. The lowest BCUT2D eigenvalue weighted by molar-refractivity contribution is -0.125. The van der Waals surface area contributed by atoms with Crippen molar-refractivity contribution in [2.75, 3.05) is 30.8 Å². The molecule has 92 valence electrons. The Balaban J connectivity index is 1.97. The molecule has 0 saturated carbocycles. The van der Waals surface area contributed by atoms with Gasteiger partial charge >= 0.3 is 0 Å². The quantitative estimate of drug-likeness (QED) is 0.755. The maximum Gasteiger partial charge on any atom is 0.222 e. The first kappa shape index (κ1) is 11.8. The molecule has 1 aliphatic heterocycles. The van der Waals surface area contributed by atoms with Crippen molar-refractivity contribution in [2.45, 2.75) is 12.8 Å². The van der Waals surface area contributed by atoms with Crippen molar-refractivity contribution in [3.8, 4) is 0 Å². The van der Waals surface area contributed by atoms with Crippen LogP contribution in [0.15, 0.2) is 24.3 Å². The smallest absolute Gasteiger partial charge is 0.222 e. The van der Waals surface area contributed by atoms with Gasteiger partial charge in [-0.05, 0) is 31.0 Å². The number of nitrogen functional groups attached to an aromatic ring is 1. The summed E-state index contributed by atoms with van der Waals surface area (Å²) in [6, 6.07) is 7.91. The van der Waals surface area contributed by atoms with Gasteiger partial charge in [0.1, 0.15) is 0 Å². The third-order valence-corrected chi connectivity index (χ3v) is 3.35. The van der Waals surface area contributed by atoms with Crippen LogP contribution in [0.5, 0.6) is 0 Å². The van der Waals surface area contributed by atoms with Gasteiger partial charge in [0.2, 0.25) is 5.91 Å². The maximum absolute atomic E-state index is 11.5. The van der Waals surface area contributed by atoms with Crippen LogP contribution in [0.2, 0.25) is 0 Å². The summed E-state index contributed by atoms with van der Waals surface area (Å²) in [5.41, 5.74) is 7.71. The van der Waals surface area contributed by atoms with E-state index in [0.29, 0.717) is 0 Å². The van der Waals surface area contributed by atoms with Gasteiger partial charge in [0.25, 0.3) is 0 Å². The van der Waals surface area contributed by atoms with Crippen molar-refractivity contribution in [1.82, 2.24) is 5.32 Å². The first-order chi connectivity index (χ1) is 8.20. The lowest BCUT2D eigenvalue weighted by Gasteiger charge is -2.32. The minimum absolute atomic E-state index is 0.164. The highest BCUT2D eigenvalue weighted by Gasteiger charge is 2.24. The highest BCUT2D eigenvalue weighted by Crippen LogP contribution is 2.24. The molecular formula is C13H19N3O. The molecule has 1 heterocycles.